The number of guanidine groups is 1. The highest BCUT2D eigenvalue weighted by atomic mass is 127. The summed E-state index contributed by atoms with van der Waals surface area (Å²) in [6.45, 7) is 12.8. The smallest absolute Gasteiger partial charge is 0.194 e. The van der Waals surface area contributed by atoms with Crippen molar-refractivity contribution in [1.82, 2.24) is 15.1 Å². The maximum absolute atomic E-state index is 13.4. The van der Waals surface area contributed by atoms with Crippen LogP contribution in [0.2, 0.25) is 0 Å². The summed E-state index contributed by atoms with van der Waals surface area (Å²) in [6.07, 6.45) is 0. The van der Waals surface area contributed by atoms with Gasteiger partial charge < -0.3 is 15.3 Å². The highest BCUT2D eigenvalue weighted by Crippen LogP contribution is 2.16. The van der Waals surface area contributed by atoms with Crippen molar-refractivity contribution in [1.29, 1.82) is 0 Å². The van der Waals surface area contributed by atoms with Crippen molar-refractivity contribution in [2.45, 2.75) is 27.3 Å². The number of nitrogens with zero attached hydrogens (tertiary/aromatic N) is 3. The molecule has 1 aromatic carbocycles. The zero-order chi connectivity index (χ0) is 17.5. The normalized spacial score (nSPS) is 16.0. The Kier molecular flexibility index (Phi) is 9.48. The Morgan fingerprint density at radius 3 is 2.52 bits per heavy atom. The molecule has 1 aromatic rings. The highest BCUT2D eigenvalue weighted by molar-refractivity contribution is 14.0. The Labute approximate surface area is 167 Å². The Hall–Kier alpha value is -1.09. The average molecular weight is 464 g/mol. The van der Waals surface area contributed by atoms with Gasteiger partial charge >= 0.3 is 0 Å². The second-order valence-electron chi connectivity index (χ2n) is 6.64. The van der Waals surface area contributed by atoms with E-state index < -0.39 is 5.82 Å². The molecule has 0 bridgehead atoms. The lowest BCUT2D eigenvalue weighted by Crippen LogP contribution is -2.53. The first kappa shape index (κ1) is 22.0. The molecule has 1 fully saturated rings. The summed E-state index contributed by atoms with van der Waals surface area (Å²) >= 11 is 0. The zero-order valence-electron chi connectivity index (χ0n) is 15.3. The van der Waals surface area contributed by atoms with E-state index in [0.717, 1.165) is 50.8 Å². The molecule has 0 saturated carbocycles. The number of nitrogens with one attached hydrogen (secondary N) is 1. The molecule has 0 aliphatic carbocycles. The molecule has 142 valence electrons. The van der Waals surface area contributed by atoms with Crippen molar-refractivity contribution >= 4 is 29.9 Å². The molecule has 0 amide bonds. The third kappa shape index (κ3) is 6.97. The number of rotatable bonds is 5. The minimum atomic E-state index is -0.602. The lowest BCUT2D eigenvalue weighted by Gasteiger charge is -2.37. The fraction of sp³-hybridized carbons (Fsp3) is 0.611. The summed E-state index contributed by atoms with van der Waals surface area (Å²) in [5.74, 6) is 0.629. The lowest BCUT2D eigenvalue weighted by atomic mass is 10.2. The predicted octanol–water partition coefficient (Wildman–Crippen LogP) is 2.89. The fourth-order valence-corrected chi connectivity index (χ4v) is 2.90. The molecule has 0 aromatic heterocycles. The lowest BCUT2D eigenvalue weighted by molar-refractivity contribution is 0.164. The van der Waals surface area contributed by atoms with Crippen molar-refractivity contribution in [3.8, 4) is 5.75 Å². The number of hydrogen-bond donors (Lipinski definition) is 2. The summed E-state index contributed by atoms with van der Waals surface area (Å²) in [4.78, 5) is 9.38. The predicted molar refractivity (Wildman–Crippen MR) is 111 cm³/mol. The number of piperazine rings is 1. The van der Waals surface area contributed by atoms with Crippen molar-refractivity contribution < 1.29 is 9.50 Å². The first-order chi connectivity index (χ1) is 11.5. The van der Waals surface area contributed by atoms with Crippen molar-refractivity contribution in [2.75, 3.05) is 39.3 Å². The van der Waals surface area contributed by atoms with Gasteiger partial charge in [-0.05, 0) is 30.5 Å². The van der Waals surface area contributed by atoms with E-state index >= 15 is 0 Å². The van der Waals surface area contributed by atoms with Crippen molar-refractivity contribution in [2.24, 2.45) is 10.9 Å². The van der Waals surface area contributed by atoms with Crippen LogP contribution in [0.5, 0.6) is 5.75 Å². The molecule has 0 spiro atoms. The molecule has 0 radical (unpaired) electrons. The third-order valence-electron chi connectivity index (χ3n) is 4.05. The summed E-state index contributed by atoms with van der Waals surface area (Å²) < 4.78 is 13.4. The molecule has 0 unspecified atom stereocenters. The van der Waals surface area contributed by atoms with Gasteiger partial charge in [0.2, 0.25) is 0 Å². The average Bonchev–Trinajstić information content (AvgIpc) is 2.55. The van der Waals surface area contributed by atoms with Crippen LogP contribution in [0.15, 0.2) is 23.2 Å². The van der Waals surface area contributed by atoms with E-state index in [4.69, 9.17) is 0 Å². The molecule has 1 aliphatic heterocycles. The second-order valence-corrected chi connectivity index (χ2v) is 6.64. The van der Waals surface area contributed by atoms with Gasteiger partial charge in [-0.1, -0.05) is 19.9 Å². The van der Waals surface area contributed by atoms with Crippen molar-refractivity contribution in [3.05, 3.63) is 29.6 Å². The largest absolute Gasteiger partial charge is 0.505 e. The topological polar surface area (TPSA) is 51.1 Å². The van der Waals surface area contributed by atoms with Crippen LogP contribution in [0.1, 0.15) is 26.3 Å². The maximum atomic E-state index is 13.4. The van der Waals surface area contributed by atoms with Gasteiger partial charge in [0.15, 0.2) is 17.5 Å². The van der Waals surface area contributed by atoms with Crippen LogP contribution in [0.4, 0.5) is 4.39 Å². The Balaban J connectivity index is 0.00000312. The van der Waals surface area contributed by atoms with Crippen LogP contribution in [0.25, 0.3) is 0 Å². The van der Waals surface area contributed by atoms with E-state index in [1.54, 1.807) is 6.07 Å². The first-order valence-corrected chi connectivity index (χ1v) is 8.72. The van der Waals surface area contributed by atoms with E-state index in [1.165, 1.54) is 12.1 Å². The summed E-state index contributed by atoms with van der Waals surface area (Å²) in [5, 5.41) is 12.6. The molecule has 2 N–H and O–H groups in total. The fourth-order valence-electron chi connectivity index (χ4n) is 2.90. The second kappa shape index (κ2) is 10.8. The molecule has 1 saturated heterocycles. The van der Waals surface area contributed by atoms with E-state index in [1.807, 2.05) is 6.92 Å². The van der Waals surface area contributed by atoms with Gasteiger partial charge in [-0.25, -0.2) is 9.38 Å². The Bertz CT molecular complexity index is 560. The van der Waals surface area contributed by atoms with Crippen LogP contribution < -0.4 is 5.32 Å². The Morgan fingerprint density at radius 1 is 1.28 bits per heavy atom. The van der Waals surface area contributed by atoms with E-state index in [0.29, 0.717) is 12.5 Å². The summed E-state index contributed by atoms with van der Waals surface area (Å²) in [5.41, 5.74) is 0.749. The van der Waals surface area contributed by atoms with E-state index in [2.05, 4.69) is 34.0 Å². The standard InChI is InChI=1S/C18H29FN4O.HI/c1-4-20-18(21-12-15-5-6-17(24)16(19)11-15)23-9-7-22(8-10-23)13-14(2)3;/h5-6,11,14,24H,4,7-10,12-13H2,1-3H3,(H,20,21);1H. The van der Waals surface area contributed by atoms with Gasteiger partial charge in [-0.3, -0.25) is 4.90 Å². The quantitative estimate of drug-likeness (QED) is 0.400. The van der Waals surface area contributed by atoms with Gasteiger partial charge in [-0.15, -0.1) is 24.0 Å². The monoisotopic (exact) mass is 464 g/mol. The molecule has 1 aliphatic rings. The first-order valence-electron chi connectivity index (χ1n) is 8.72. The minimum absolute atomic E-state index is 0. The van der Waals surface area contributed by atoms with Crippen LogP contribution in [-0.2, 0) is 6.54 Å². The van der Waals surface area contributed by atoms with Crippen LogP contribution in [0.3, 0.4) is 0 Å². The molecule has 25 heavy (non-hydrogen) atoms. The van der Waals surface area contributed by atoms with Gasteiger partial charge in [0.1, 0.15) is 0 Å². The third-order valence-corrected chi connectivity index (χ3v) is 4.05. The molecule has 1 heterocycles. The number of phenols is 1. The minimum Gasteiger partial charge on any atom is -0.505 e. The van der Waals surface area contributed by atoms with Crippen LogP contribution >= 0.6 is 24.0 Å². The van der Waals surface area contributed by atoms with E-state index in [9.17, 15) is 9.50 Å². The molecule has 5 nitrogen and oxygen atoms in total. The number of halogens is 2. The van der Waals surface area contributed by atoms with Gasteiger partial charge in [0.05, 0.1) is 6.54 Å². The SMILES string of the molecule is CCNC(=NCc1ccc(O)c(F)c1)N1CCN(CC(C)C)CC1.I. The molecule has 7 heteroatoms. The van der Waals surface area contributed by atoms with Crippen molar-refractivity contribution in [3.63, 3.8) is 0 Å². The number of aromatic hydroxyl groups is 1. The van der Waals surface area contributed by atoms with Gasteiger partial charge in [-0.2, -0.15) is 0 Å². The number of benzene rings is 1. The number of aliphatic imine (C=N–C) groups is 1. The van der Waals surface area contributed by atoms with Gasteiger partial charge in [0.25, 0.3) is 0 Å². The number of hydrogen-bond acceptors (Lipinski definition) is 3. The number of phenolic OH excluding ortho intramolecular Hbond substituents is 1. The van der Waals surface area contributed by atoms with Gasteiger partial charge in [0, 0.05) is 39.3 Å². The summed E-state index contributed by atoms with van der Waals surface area (Å²) in [7, 11) is 0. The zero-order valence-corrected chi connectivity index (χ0v) is 17.7. The molecule has 2 rings (SSSR count). The van der Waals surface area contributed by atoms with E-state index in [-0.39, 0.29) is 29.7 Å². The van der Waals surface area contributed by atoms with Crippen LogP contribution in [0, 0.1) is 11.7 Å². The molecular formula is C18H30FIN4O. The van der Waals surface area contributed by atoms with Crippen LogP contribution in [-0.4, -0.2) is 60.1 Å². The molecular weight excluding hydrogens is 434 g/mol. The summed E-state index contributed by atoms with van der Waals surface area (Å²) in [6, 6.07) is 4.41. The Morgan fingerprint density at radius 2 is 1.96 bits per heavy atom. The maximum Gasteiger partial charge on any atom is 0.194 e. The molecule has 0 atom stereocenters. The highest BCUT2D eigenvalue weighted by Gasteiger charge is 2.19.